The van der Waals surface area contributed by atoms with Crippen molar-refractivity contribution in [3.8, 4) is 6.07 Å². The summed E-state index contributed by atoms with van der Waals surface area (Å²) in [5.74, 6) is -0.0571. The van der Waals surface area contributed by atoms with Gasteiger partial charge in [-0.1, -0.05) is 42.5 Å². The van der Waals surface area contributed by atoms with Crippen LogP contribution < -0.4 is 10.2 Å². The van der Waals surface area contributed by atoms with Gasteiger partial charge in [-0.25, -0.2) is 0 Å². The number of nitrogens with zero attached hydrogens (tertiary/aromatic N) is 1. The molecule has 0 aromatic heterocycles. The second kappa shape index (κ2) is 7.81. The van der Waals surface area contributed by atoms with Crippen LogP contribution in [0.1, 0.15) is 18.1 Å². The molecule has 0 saturated carbocycles. The van der Waals surface area contributed by atoms with Crippen molar-refractivity contribution in [2.45, 2.75) is 19.5 Å². The van der Waals surface area contributed by atoms with E-state index in [1.54, 1.807) is 24.3 Å². The number of carbonyl (C=O) groups is 1. The van der Waals surface area contributed by atoms with Crippen molar-refractivity contribution in [3.05, 3.63) is 77.9 Å². The van der Waals surface area contributed by atoms with E-state index >= 15 is 0 Å². The number of likely N-dealkylation sites (N-methyl/N-ethyl adjacent to an activating group) is 1. The molecule has 3 aromatic carbocycles. The SMILES string of the molecule is C[C@H](C(=O)Nc1cccc(C#N)c1)[NH+](C)Cc1ccc2ccccc2c1. The van der Waals surface area contributed by atoms with Gasteiger partial charge in [0.05, 0.1) is 18.7 Å². The lowest BCUT2D eigenvalue weighted by Gasteiger charge is -2.21. The molecule has 0 spiro atoms. The predicted molar refractivity (Wildman–Crippen MR) is 104 cm³/mol. The van der Waals surface area contributed by atoms with Gasteiger partial charge in [0.2, 0.25) is 0 Å². The van der Waals surface area contributed by atoms with Gasteiger partial charge in [-0.15, -0.1) is 0 Å². The summed E-state index contributed by atoms with van der Waals surface area (Å²) in [5.41, 5.74) is 2.39. The molecule has 130 valence electrons. The average molecular weight is 344 g/mol. The molecule has 2 N–H and O–H groups in total. The van der Waals surface area contributed by atoms with Crippen LogP contribution in [0.5, 0.6) is 0 Å². The molecule has 1 amide bonds. The van der Waals surface area contributed by atoms with Crippen LogP contribution in [-0.2, 0) is 11.3 Å². The van der Waals surface area contributed by atoms with Crippen LogP contribution in [0.3, 0.4) is 0 Å². The van der Waals surface area contributed by atoms with Crippen molar-refractivity contribution in [2.75, 3.05) is 12.4 Å². The number of anilines is 1. The highest BCUT2D eigenvalue weighted by molar-refractivity contribution is 5.93. The van der Waals surface area contributed by atoms with Crippen molar-refractivity contribution in [3.63, 3.8) is 0 Å². The zero-order valence-corrected chi connectivity index (χ0v) is 15.0. The number of quaternary nitrogens is 1. The van der Waals surface area contributed by atoms with Gasteiger partial charge >= 0.3 is 0 Å². The summed E-state index contributed by atoms with van der Waals surface area (Å²) < 4.78 is 0. The van der Waals surface area contributed by atoms with Crippen molar-refractivity contribution in [1.82, 2.24) is 0 Å². The topological polar surface area (TPSA) is 57.3 Å². The largest absolute Gasteiger partial charge is 0.324 e. The van der Waals surface area contributed by atoms with Crippen LogP contribution in [0.15, 0.2) is 66.7 Å². The minimum Gasteiger partial charge on any atom is -0.324 e. The Balaban J connectivity index is 1.66. The monoisotopic (exact) mass is 344 g/mol. The molecule has 4 nitrogen and oxygen atoms in total. The molecule has 0 radical (unpaired) electrons. The highest BCUT2D eigenvalue weighted by atomic mass is 16.2. The van der Waals surface area contributed by atoms with E-state index in [1.807, 2.05) is 26.1 Å². The van der Waals surface area contributed by atoms with Crippen molar-refractivity contribution in [1.29, 1.82) is 5.26 Å². The Bertz CT molecular complexity index is 974. The molecule has 3 rings (SSSR count). The number of nitriles is 1. The smallest absolute Gasteiger partial charge is 0.282 e. The lowest BCUT2D eigenvalue weighted by Crippen LogP contribution is -3.12. The average Bonchev–Trinajstić information content (AvgIpc) is 2.67. The van der Waals surface area contributed by atoms with E-state index in [9.17, 15) is 4.79 Å². The fraction of sp³-hybridized carbons (Fsp3) is 0.182. The third-order valence-electron chi connectivity index (χ3n) is 4.69. The fourth-order valence-electron chi connectivity index (χ4n) is 2.96. The quantitative estimate of drug-likeness (QED) is 0.748. The molecule has 0 fully saturated rings. The highest BCUT2D eigenvalue weighted by Crippen LogP contribution is 2.15. The maximum Gasteiger partial charge on any atom is 0.282 e. The van der Waals surface area contributed by atoms with E-state index in [1.165, 1.54) is 16.3 Å². The minimum atomic E-state index is -0.216. The maximum atomic E-state index is 12.5. The Morgan fingerprint density at radius 2 is 1.85 bits per heavy atom. The number of nitrogens with one attached hydrogen (secondary N) is 2. The molecule has 0 aliphatic carbocycles. The minimum absolute atomic E-state index is 0.0571. The van der Waals surface area contributed by atoms with Gasteiger partial charge < -0.3 is 10.2 Å². The summed E-state index contributed by atoms with van der Waals surface area (Å²) in [6, 6.07) is 23.5. The molecule has 0 aliphatic heterocycles. The predicted octanol–water partition coefficient (Wildman–Crippen LogP) is 2.75. The van der Waals surface area contributed by atoms with Gasteiger partial charge in [-0.2, -0.15) is 5.26 Å². The third kappa shape index (κ3) is 4.08. The lowest BCUT2D eigenvalue weighted by atomic mass is 10.1. The van der Waals surface area contributed by atoms with Gasteiger partial charge in [0.25, 0.3) is 5.91 Å². The Morgan fingerprint density at radius 3 is 2.62 bits per heavy atom. The second-order valence-corrected chi connectivity index (χ2v) is 6.61. The lowest BCUT2D eigenvalue weighted by molar-refractivity contribution is -0.907. The number of hydrogen-bond acceptors (Lipinski definition) is 2. The standard InChI is InChI=1S/C22H21N3O/c1-16(22(26)24-21-9-5-6-17(13-21)14-23)25(2)15-18-10-11-19-7-3-4-8-20(19)12-18/h3-13,16H,15H2,1-2H3,(H,24,26)/p+1/t16-/m1/s1. The summed E-state index contributed by atoms with van der Waals surface area (Å²) in [4.78, 5) is 13.6. The fourth-order valence-corrected chi connectivity index (χ4v) is 2.96. The van der Waals surface area contributed by atoms with Crippen LogP contribution >= 0.6 is 0 Å². The number of rotatable bonds is 5. The molecule has 2 atom stereocenters. The first-order valence-electron chi connectivity index (χ1n) is 8.68. The summed E-state index contributed by atoms with van der Waals surface area (Å²) in [7, 11) is 2.02. The first-order valence-corrected chi connectivity index (χ1v) is 8.68. The Hall–Kier alpha value is -3.16. The van der Waals surface area contributed by atoms with Crippen LogP contribution in [0.25, 0.3) is 10.8 Å². The number of carbonyl (C=O) groups excluding carboxylic acids is 1. The van der Waals surface area contributed by atoms with E-state index in [-0.39, 0.29) is 11.9 Å². The Labute approximate surface area is 153 Å². The van der Waals surface area contributed by atoms with Gasteiger partial charge in [0.1, 0.15) is 6.54 Å². The normalized spacial score (nSPS) is 13.0. The molecule has 3 aromatic rings. The van der Waals surface area contributed by atoms with Crippen LogP contribution in [0.2, 0.25) is 0 Å². The van der Waals surface area contributed by atoms with Gasteiger partial charge in [-0.05, 0) is 42.0 Å². The number of hydrogen-bond donors (Lipinski definition) is 2. The van der Waals surface area contributed by atoms with E-state index in [0.29, 0.717) is 11.3 Å². The van der Waals surface area contributed by atoms with Crippen molar-refractivity contribution >= 4 is 22.4 Å². The number of benzene rings is 3. The molecule has 0 bridgehead atoms. The van der Waals surface area contributed by atoms with Gasteiger partial charge in [0, 0.05) is 11.3 Å². The molecule has 4 heteroatoms. The van der Waals surface area contributed by atoms with E-state index < -0.39 is 0 Å². The molecular formula is C22H22N3O+. The molecular weight excluding hydrogens is 322 g/mol. The van der Waals surface area contributed by atoms with Crippen molar-refractivity contribution in [2.24, 2.45) is 0 Å². The maximum absolute atomic E-state index is 12.5. The Morgan fingerprint density at radius 1 is 1.08 bits per heavy atom. The van der Waals surface area contributed by atoms with E-state index in [2.05, 4.69) is 41.7 Å². The first kappa shape index (κ1) is 17.7. The first-order chi connectivity index (χ1) is 12.6. The molecule has 0 heterocycles. The number of amides is 1. The summed E-state index contributed by atoms with van der Waals surface area (Å²) in [6.07, 6.45) is 0. The molecule has 26 heavy (non-hydrogen) atoms. The zero-order valence-electron chi connectivity index (χ0n) is 15.0. The van der Waals surface area contributed by atoms with E-state index in [0.717, 1.165) is 11.4 Å². The molecule has 1 unspecified atom stereocenters. The summed E-state index contributed by atoms with van der Waals surface area (Å²) in [5, 5.41) is 14.3. The summed E-state index contributed by atoms with van der Waals surface area (Å²) in [6.45, 7) is 2.68. The van der Waals surface area contributed by atoms with Gasteiger partial charge in [-0.3, -0.25) is 4.79 Å². The molecule has 0 aliphatic rings. The van der Waals surface area contributed by atoms with Crippen LogP contribution in [-0.4, -0.2) is 19.0 Å². The second-order valence-electron chi connectivity index (χ2n) is 6.61. The Kier molecular flexibility index (Phi) is 5.31. The van der Waals surface area contributed by atoms with Crippen LogP contribution in [0.4, 0.5) is 5.69 Å². The highest BCUT2D eigenvalue weighted by Gasteiger charge is 2.22. The third-order valence-corrected chi connectivity index (χ3v) is 4.69. The van der Waals surface area contributed by atoms with E-state index in [4.69, 9.17) is 5.26 Å². The van der Waals surface area contributed by atoms with Crippen LogP contribution in [0, 0.1) is 11.3 Å². The summed E-state index contributed by atoms with van der Waals surface area (Å²) >= 11 is 0. The van der Waals surface area contributed by atoms with Gasteiger partial charge in [0.15, 0.2) is 6.04 Å². The zero-order chi connectivity index (χ0) is 18.5. The number of fused-ring (bicyclic) bond motifs is 1. The van der Waals surface area contributed by atoms with Crippen molar-refractivity contribution < 1.29 is 9.69 Å². The molecule has 0 saturated heterocycles.